The number of anilines is 1. The van der Waals surface area contributed by atoms with Gasteiger partial charge in [-0.05, 0) is 19.1 Å². The summed E-state index contributed by atoms with van der Waals surface area (Å²) in [6.07, 6.45) is 0. The number of carbonyl (C=O) groups excluding carboxylic acids is 1. The van der Waals surface area contributed by atoms with Crippen LogP contribution in [0.3, 0.4) is 0 Å². The topological polar surface area (TPSA) is 102 Å². The zero-order valence-corrected chi connectivity index (χ0v) is 10.8. The molecule has 1 amide bonds. The number of carboxylic acid groups (broad SMARTS) is 1. The highest BCUT2D eigenvalue weighted by Gasteiger charge is 2.14. The van der Waals surface area contributed by atoms with Crippen LogP contribution >= 0.6 is 0 Å². The molecular weight excluding hydrogens is 264 g/mol. The van der Waals surface area contributed by atoms with E-state index in [9.17, 15) is 9.59 Å². The standard InChI is InChI=1S/C13H12N2O5/c1-7-5-10(15-20-7)12(16)14-8-3-4-9(13(17)18)11(6-8)19-2/h3-6H,1-2H3,(H,14,16)(H,17,18). The van der Waals surface area contributed by atoms with Crippen LogP contribution in [0.25, 0.3) is 0 Å². The van der Waals surface area contributed by atoms with Crippen LogP contribution in [0.5, 0.6) is 5.75 Å². The predicted octanol–water partition coefficient (Wildman–Crippen LogP) is 1.94. The summed E-state index contributed by atoms with van der Waals surface area (Å²) in [6.45, 7) is 1.68. The van der Waals surface area contributed by atoms with Crippen LogP contribution in [0, 0.1) is 6.92 Å². The van der Waals surface area contributed by atoms with Crippen molar-refractivity contribution in [2.45, 2.75) is 6.92 Å². The van der Waals surface area contributed by atoms with E-state index >= 15 is 0 Å². The molecule has 0 aliphatic carbocycles. The van der Waals surface area contributed by atoms with Gasteiger partial charge in [0.25, 0.3) is 5.91 Å². The largest absolute Gasteiger partial charge is 0.496 e. The molecule has 0 saturated carbocycles. The van der Waals surface area contributed by atoms with E-state index < -0.39 is 11.9 Å². The van der Waals surface area contributed by atoms with Crippen LogP contribution in [-0.2, 0) is 0 Å². The Kier molecular flexibility index (Phi) is 3.69. The van der Waals surface area contributed by atoms with Crippen molar-refractivity contribution in [3.63, 3.8) is 0 Å². The molecular formula is C13H12N2O5. The molecule has 104 valence electrons. The van der Waals surface area contributed by atoms with E-state index in [0.717, 1.165) is 0 Å². The van der Waals surface area contributed by atoms with Gasteiger partial charge in [-0.25, -0.2) is 4.79 Å². The number of hydrogen-bond donors (Lipinski definition) is 2. The van der Waals surface area contributed by atoms with Crippen molar-refractivity contribution in [2.24, 2.45) is 0 Å². The number of aryl methyl sites for hydroxylation is 1. The molecule has 1 aromatic heterocycles. The molecule has 0 aliphatic heterocycles. The maximum Gasteiger partial charge on any atom is 0.339 e. The lowest BCUT2D eigenvalue weighted by molar-refractivity contribution is 0.0693. The van der Waals surface area contributed by atoms with Gasteiger partial charge in [-0.2, -0.15) is 0 Å². The van der Waals surface area contributed by atoms with Gasteiger partial charge in [-0.3, -0.25) is 4.79 Å². The predicted molar refractivity (Wildman–Crippen MR) is 69.1 cm³/mol. The summed E-state index contributed by atoms with van der Waals surface area (Å²) in [7, 11) is 1.36. The summed E-state index contributed by atoms with van der Waals surface area (Å²) in [5, 5.41) is 15.1. The van der Waals surface area contributed by atoms with Crippen LogP contribution in [0.4, 0.5) is 5.69 Å². The van der Waals surface area contributed by atoms with Gasteiger partial charge in [0.2, 0.25) is 0 Å². The summed E-state index contributed by atoms with van der Waals surface area (Å²) in [5.74, 6) is -0.876. The van der Waals surface area contributed by atoms with Gasteiger partial charge in [0, 0.05) is 17.8 Å². The van der Waals surface area contributed by atoms with E-state index in [2.05, 4.69) is 10.5 Å². The van der Waals surface area contributed by atoms with E-state index in [1.165, 1.54) is 31.4 Å². The maximum atomic E-state index is 11.9. The lowest BCUT2D eigenvalue weighted by Gasteiger charge is -2.08. The lowest BCUT2D eigenvalue weighted by atomic mass is 10.2. The number of aromatic carboxylic acids is 1. The second-order valence-electron chi connectivity index (χ2n) is 4.00. The average Bonchev–Trinajstić information content (AvgIpc) is 2.85. The Hall–Kier alpha value is -2.83. The van der Waals surface area contributed by atoms with E-state index in [0.29, 0.717) is 11.4 Å². The average molecular weight is 276 g/mol. The van der Waals surface area contributed by atoms with Crippen molar-refractivity contribution < 1.29 is 24.0 Å². The number of nitrogens with zero attached hydrogens (tertiary/aromatic N) is 1. The van der Waals surface area contributed by atoms with Crippen LogP contribution in [-0.4, -0.2) is 29.2 Å². The first-order valence-corrected chi connectivity index (χ1v) is 5.67. The fraction of sp³-hybridized carbons (Fsp3) is 0.154. The molecule has 7 heteroatoms. The highest BCUT2D eigenvalue weighted by Crippen LogP contribution is 2.23. The number of ether oxygens (including phenoxy) is 1. The number of aromatic nitrogens is 1. The summed E-state index contributed by atoms with van der Waals surface area (Å²) in [5.41, 5.74) is 0.559. The highest BCUT2D eigenvalue weighted by molar-refractivity contribution is 6.03. The van der Waals surface area contributed by atoms with Gasteiger partial charge in [-0.15, -0.1) is 0 Å². The summed E-state index contributed by atoms with van der Waals surface area (Å²) in [4.78, 5) is 22.8. The highest BCUT2D eigenvalue weighted by atomic mass is 16.5. The number of amides is 1. The Bertz CT molecular complexity index is 663. The van der Waals surface area contributed by atoms with Crippen molar-refractivity contribution >= 4 is 17.6 Å². The molecule has 0 saturated heterocycles. The van der Waals surface area contributed by atoms with Crippen molar-refractivity contribution in [3.05, 3.63) is 41.3 Å². The van der Waals surface area contributed by atoms with Crippen molar-refractivity contribution in [1.29, 1.82) is 0 Å². The van der Waals surface area contributed by atoms with Gasteiger partial charge < -0.3 is 19.7 Å². The lowest BCUT2D eigenvalue weighted by Crippen LogP contribution is -2.12. The molecule has 1 aromatic carbocycles. The number of methoxy groups -OCH3 is 1. The van der Waals surface area contributed by atoms with E-state index in [1.807, 2.05) is 0 Å². The monoisotopic (exact) mass is 276 g/mol. The molecule has 0 fully saturated rings. The van der Waals surface area contributed by atoms with Gasteiger partial charge in [0.15, 0.2) is 5.69 Å². The van der Waals surface area contributed by atoms with Crippen molar-refractivity contribution in [3.8, 4) is 5.75 Å². The normalized spacial score (nSPS) is 10.1. The van der Waals surface area contributed by atoms with Gasteiger partial charge in [0.1, 0.15) is 17.1 Å². The summed E-state index contributed by atoms with van der Waals surface area (Å²) >= 11 is 0. The van der Waals surface area contributed by atoms with Gasteiger partial charge in [-0.1, -0.05) is 5.16 Å². The molecule has 2 aromatic rings. The van der Waals surface area contributed by atoms with Crippen molar-refractivity contribution in [1.82, 2.24) is 5.16 Å². The number of benzene rings is 1. The van der Waals surface area contributed by atoms with Crippen LogP contribution in [0.1, 0.15) is 26.6 Å². The second-order valence-corrected chi connectivity index (χ2v) is 4.00. The number of carboxylic acids is 1. The fourth-order valence-corrected chi connectivity index (χ4v) is 1.61. The van der Waals surface area contributed by atoms with Crippen LogP contribution < -0.4 is 10.1 Å². The molecule has 0 bridgehead atoms. The Morgan fingerprint density at radius 2 is 2.10 bits per heavy atom. The first-order chi connectivity index (χ1) is 9.51. The molecule has 0 radical (unpaired) electrons. The molecule has 7 nitrogen and oxygen atoms in total. The van der Waals surface area contributed by atoms with Crippen LogP contribution in [0.2, 0.25) is 0 Å². The molecule has 0 atom stereocenters. The molecule has 0 aliphatic rings. The number of rotatable bonds is 4. The molecule has 2 rings (SSSR count). The molecule has 0 unspecified atom stereocenters. The molecule has 1 heterocycles. The van der Waals surface area contributed by atoms with Crippen LogP contribution in [0.15, 0.2) is 28.8 Å². The molecule has 2 N–H and O–H groups in total. The number of carbonyl (C=O) groups is 2. The Labute approximate surface area is 114 Å². The first-order valence-electron chi connectivity index (χ1n) is 5.67. The third-order valence-corrected chi connectivity index (χ3v) is 2.55. The Balaban J connectivity index is 2.22. The zero-order valence-electron chi connectivity index (χ0n) is 10.8. The SMILES string of the molecule is COc1cc(NC(=O)c2cc(C)on2)ccc1C(=O)O. The zero-order chi connectivity index (χ0) is 14.7. The number of hydrogen-bond acceptors (Lipinski definition) is 5. The maximum absolute atomic E-state index is 11.9. The minimum absolute atomic E-state index is 0.0165. The first kappa shape index (κ1) is 13.6. The van der Waals surface area contributed by atoms with E-state index in [4.69, 9.17) is 14.4 Å². The summed E-state index contributed by atoms with van der Waals surface area (Å²) in [6, 6.07) is 5.74. The van der Waals surface area contributed by atoms with Gasteiger partial charge in [0.05, 0.1) is 7.11 Å². The third kappa shape index (κ3) is 2.77. The van der Waals surface area contributed by atoms with Crippen molar-refractivity contribution in [2.75, 3.05) is 12.4 Å². The fourth-order valence-electron chi connectivity index (χ4n) is 1.61. The summed E-state index contributed by atoms with van der Waals surface area (Å²) < 4.78 is 9.78. The third-order valence-electron chi connectivity index (χ3n) is 2.55. The number of nitrogens with one attached hydrogen (secondary N) is 1. The smallest absolute Gasteiger partial charge is 0.339 e. The van der Waals surface area contributed by atoms with E-state index in [1.54, 1.807) is 6.92 Å². The second kappa shape index (κ2) is 5.43. The van der Waals surface area contributed by atoms with E-state index in [-0.39, 0.29) is 17.0 Å². The Morgan fingerprint density at radius 1 is 1.35 bits per heavy atom. The molecule has 20 heavy (non-hydrogen) atoms. The quantitative estimate of drug-likeness (QED) is 0.884. The minimum atomic E-state index is -1.10. The minimum Gasteiger partial charge on any atom is -0.496 e. The molecule has 0 spiro atoms. The Morgan fingerprint density at radius 3 is 2.65 bits per heavy atom. The van der Waals surface area contributed by atoms with Gasteiger partial charge >= 0.3 is 5.97 Å².